The van der Waals surface area contributed by atoms with Crippen LogP contribution in [0, 0.1) is 0 Å². The molecule has 4 heteroatoms. The van der Waals surface area contributed by atoms with E-state index in [-0.39, 0.29) is 6.61 Å². The molecule has 1 heterocycles. The third kappa shape index (κ3) is 1.56. The summed E-state index contributed by atoms with van der Waals surface area (Å²) in [7, 11) is 0. The van der Waals surface area contributed by atoms with Crippen LogP contribution in [-0.2, 0) is 6.42 Å². The molecular weight excluding hydrogens is 180 g/mol. The molecule has 0 radical (unpaired) electrons. The Labute approximate surface area is 81.4 Å². The Hall–Kier alpha value is -1.55. The predicted molar refractivity (Wildman–Crippen MR) is 53.8 cm³/mol. The molecule has 0 unspecified atom stereocenters. The van der Waals surface area contributed by atoms with Gasteiger partial charge in [0.1, 0.15) is 5.52 Å². The van der Waals surface area contributed by atoms with E-state index < -0.39 is 0 Å². The lowest BCUT2D eigenvalue weighted by Crippen LogP contribution is -1.89. The van der Waals surface area contributed by atoms with E-state index in [4.69, 9.17) is 15.3 Å². The summed E-state index contributed by atoms with van der Waals surface area (Å²) < 4.78 is 5.45. The van der Waals surface area contributed by atoms with Crippen LogP contribution >= 0.6 is 0 Å². The third-order valence-electron chi connectivity index (χ3n) is 2.04. The van der Waals surface area contributed by atoms with Crippen LogP contribution in [0.3, 0.4) is 0 Å². The zero-order chi connectivity index (χ0) is 9.97. The average molecular weight is 192 g/mol. The van der Waals surface area contributed by atoms with Crippen LogP contribution in [-0.4, -0.2) is 16.7 Å². The van der Waals surface area contributed by atoms with Crippen LogP contribution in [0.5, 0.6) is 0 Å². The number of anilines is 1. The van der Waals surface area contributed by atoms with Gasteiger partial charge in [-0.2, -0.15) is 0 Å². The summed E-state index contributed by atoms with van der Waals surface area (Å²) in [5.74, 6) is 0.631. The zero-order valence-electron chi connectivity index (χ0n) is 7.73. The first kappa shape index (κ1) is 9.02. The highest BCUT2D eigenvalue weighted by Gasteiger charge is 2.06. The largest absolute Gasteiger partial charge is 0.441 e. The van der Waals surface area contributed by atoms with E-state index in [2.05, 4.69) is 4.98 Å². The van der Waals surface area contributed by atoms with Gasteiger partial charge in [0.2, 0.25) is 0 Å². The molecule has 1 aromatic heterocycles. The molecule has 4 nitrogen and oxygen atoms in total. The molecule has 0 saturated heterocycles. The summed E-state index contributed by atoms with van der Waals surface area (Å²) in [6.07, 6.45) is 1.30. The van der Waals surface area contributed by atoms with Crippen molar-refractivity contribution in [2.45, 2.75) is 12.8 Å². The van der Waals surface area contributed by atoms with Gasteiger partial charge in [0, 0.05) is 13.0 Å². The Kier molecular flexibility index (Phi) is 2.37. The second-order valence-electron chi connectivity index (χ2n) is 3.13. The Morgan fingerprint density at radius 1 is 1.43 bits per heavy atom. The predicted octanol–water partition coefficient (Wildman–Crippen LogP) is 1.33. The smallest absolute Gasteiger partial charge is 0.195 e. The number of hydrogen-bond acceptors (Lipinski definition) is 4. The molecule has 0 aliphatic carbocycles. The quantitative estimate of drug-likeness (QED) is 0.720. The molecule has 74 valence electrons. The van der Waals surface area contributed by atoms with E-state index in [0.717, 1.165) is 0 Å². The minimum atomic E-state index is 0.147. The van der Waals surface area contributed by atoms with Crippen molar-refractivity contribution in [2.24, 2.45) is 0 Å². The van der Waals surface area contributed by atoms with Gasteiger partial charge in [-0.3, -0.25) is 0 Å². The number of fused-ring (bicyclic) bond motifs is 1. The Morgan fingerprint density at radius 3 is 3.00 bits per heavy atom. The standard InChI is InChI=1S/C10H12N2O2/c11-7-3-1-4-8-10(7)12-9(14-8)5-2-6-13/h1,3-4,13H,2,5-6,11H2. The summed E-state index contributed by atoms with van der Waals surface area (Å²) in [6.45, 7) is 0.147. The second-order valence-corrected chi connectivity index (χ2v) is 3.13. The van der Waals surface area contributed by atoms with Gasteiger partial charge in [-0.25, -0.2) is 4.98 Å². The monoisotopic (exact) mass is 192 g/mol. The first-order valence-electron chi connectivity index (χ1n) is 4.56. The summed E-state index contributed by atoms with van der Waals surface area (Å²) in [5.41, 5.74) is 7.77. The van der Waals surface area contributed by atoms with Gasteiger partial charge in [-0.05, 0) is 18.6 Å². The third-order valence-corrected chi connectivity index (χ3v) is 2.04. The molecule has 3 N–H and O–H groups in total. The molecule has 0 aliphatic rings. The highest BCUT2D eigenvalue weighted by atomic mass is 16.3. The van der Waals surface area contributed by atoms with Gasteiger partial charge in [0.25, 0.3) is 0 Å². The number of nitrogens with zero attached hydrogens (tertiary/aromatic N) is 1. The highest BCUT2D eigenvalue weighted by Crippen LogP contribution is 2.21. The minimum absolute atomic E-state index is 0.147. The molecule has 0 aliphatic heterocycles. The van der Waals surface area contributed by atoms with E-state index in [1.165, 1.54) is 0 Å². The van der Waals surface area contributed by atoms with Crippen LogP contribution in [0.25, 0.3) is 11.1 Å². The van der Waals surface area contributed by atoms with Gasteiger partial charge in [0.05, 0.1) is 5.69 Å². The number of rotatable bonds is 3. The molecule has 0 atom stereocenters. The van der Waals surface area contributed by atoms with Crippen molar-refractivity contribution in [3.8, 4) is 0 Å². The fourth-order valence-corrected chi connectivity index (χ4v) is 1.35. The molecule has 0 fully saturated rings. The van der Waals surface area contributed by atoms with Crippen LogP contribution < -0.4 is 5.73 Å². The van der Waals surface area contributed by atoms with Gasteiger partial charge in [0.15, 0.2) is 11.5 Å². The van der Waals surface area contributed by atoms with E-state index in [0.29, 0.717) is 35.5 Å². The molecule has 1 aromatic carbocycles. The molecule has 0 saturated carbocycles. The van der Waals surface area contributed by atoms with Gasteiger partial charge >= 0.3 is 0 Å². The molecule has 0 spiro atoms. The molecule has 0 amide bonds. The second kappa shape index (κ2) is 3.67. The number of para-hydroxylation sites is 1. The van der Waals surface area contributed by atoms with E-state index in [9.17, 15) is 0 Å². The number of nitrogens with two attached hydrogens (primary N) is 1. The lowest BCUT2D eigenvalue weighted by atomic mass is 10.3. The van der Waals surface area contributed by atoms with E-state index in [1.54, 1.807) is 6.07 Å². The average Bonchev–Trinajstić information content (AvgIpc) is 2.59. The summed E-state index contributed by atoms with van der Waals surface area (Å²) in [5, 5.41) is 8.66. The minimum Gasteiger partial charge on any atom is -0.441 e. The SMILES string of the molecule is Nc1cccc2oc(CCCO)nc12. The fraction of sp³-hybridized carbons (Fsp3) is 0.300. The number of aliphatic hydroxyl groups excluding tert-OH is 1. The fourth-order valence-electron chi connectivity index (χ4n) is 1.35. The van der Waals surface area contributed by atoms with Crippen molar-refractivity contribution >= 4 is 16.8 Å². The Balaban J connectivity index is 2.36. The maximum Gasteiger partial charge on any atom is 0.195 e. The van der Waals surface area contributed by atoms with Crippen molar-refractivity contribution < 1.29 is 9.52 Å². The number of oxazole rings is 1. The summed E-state index contributed by atoms with van der Waals surface area (Å²) in [4.78, 5) is 4.25. The van der Waals surface area contributed by atoms with Crippen molar-refractivity contribution in [3.05, 3.63) is 24.1 Å². The number of benzene rings is 1. The van der Waals surface area contributed by atoms with Crippen LogP contribution in [0.15, 0.2) is 22.6 Å². The molecule has 14 heavy (non-hydrogen) atoms. The topological polar surface area (TPSA) is 72.3 Å². The van der Waals surface area contributed by atoms with Crippen molar-refractivity contribution in [3.63, 3.8) is 0 Å². The van der Waals surface area contributed by atoms with Gasteiger partial charge < -0.3 is 15.3 Å². The van der Waals surface area contributed by atoms with E-state index >= 15 is 0 Å². The zero-order valence-corrected chi connectivity index (χ0v) is 7.73. The molecular formula is C10H12N2O2. The Bertz CT molecular complexity index is 437. The first-order valence-corrected chi connectivity index (χ1v) is 4.56. The molecule has 2 aromatic rings. The first-order chi connectivity index (χ1) is 6.81. The number of nitrogen functional groups attached to an aromatic ring is 1. The summed E-state index contributed by atoms with van der Waals surface area (Å²) in [6, 6.07) is 5.46. The van der Waals surface area contributed by atoms with Crippen LogP contribution in [0.1, 0.15) is 12.3 Å². The van der Waals surface area contributed by atoms with Gasteiger partial charge in [-0.15, -0.1) is 0 Å². The van der Waals surface area contributed by atoms with Gasteiger partial charge in [-0.1, -0.05) is 6.07 Å². The highest BCUT2D eigenvalue weighted by molar-refractivity contribution is 5.85. The van der Waals surface area contributed by atoms with E-state index in [1.807, 2.05) is 12.1 Å². The molecule has 0 bridgehead atoms. The van der Waals surface area contributed by atoms with Crippen molar-refractivity contribution in [2.75, 3.05) is 12.3 Å². The maximum atomic E-state index is 8.66. The lowest BCUT2D eigenvalue weighted by molar-refractivity contribution is 0.284. The van der Waals surface area contributed by atoms with Crippen molar-refractivity contribution in [1.82, 2.24) is 4.98 Å². The van der Waals surface area contributed by atoms with Crippen LogP contribution in [0.2, 0.25) is 0 Å². The number of aryl methyl sites for hydroxylation is 1. The number of aromatic nitrogens is 1. The van der Waals surface area contributed by atoms with Crippen molar-refractivity contribution in [1.29, 1.82) is 0 Å². The lowest BCUT2D eigenvalue weighted by Gasteiger charge is -1.89. The molecule has 2 rings (SSSR count). The number of aliphatic hydroxyl groups is 1. The Morgan fingerprint density at radius 2 is 2.29 bits per heavy atom. The summed E-state index contributed by atoms with van der Waals surface area (Å²) >= 11 is 0. The normalized spacial score (nSPS) is 10.9. The number of hydrogen-bond donors (Lipinski definition) is 2. The van der Waals surface area contributed by atoms with Crippen LogP contribution in [0.4, 0.5) is 5.69 Å². The maximum absolute atomic E-state index is 8.66.